The van der Waals surface area contributed by atoms with Gasteiger partial charge in [-0.3, -0.25) is 9.59 Å². The van der Waals surface area contributed by atoms with Gasteiger partial charge in [0.15, 0.2) is 0 Å². The second-order valence-electron chi connectivity index (χ2n) is 5.79. The molecule has 1 aliphatic heterocycles. The minimum absolute atomic E-state index is 0.00444. The maximum absolute atomic E-state index is 12.4. The lowest BCUT2D eigenvalue weighted by atomic mass is 9.95. The monoisotopic (exact) mass is 348 g/mol. The summed E-state index contributed by atoms with van der Waals surface area (Å²) in [5, 5.41) is 7.03. The van der Waals surface area contributed by atoms with E-state index in [4.69, 9.17) is 0 Å². The molecule has 0 aromatic carbocycles. The van der Waals surface area contributed by atoms with Gasteiger partial charge in [0.2, 0.25) is 5.91 Å². The maximum Gasteiger partial charge on any atom is 0.263 e. The van der Waals surface area contributed by atoms with Gasteiger partial charge in [-0.15, -0.1) is 22.7 Å². The number of carbonyl (C=O) groups is 2. The summed E-state index contributed by atoms with van der Waals surface area (Å²) in [7, 11) is 0. The van der Waals surface area contributed by atoms with Crippen LogP contribution in [0.2, 0.25) is 0 Å². The lowest BCUT2D eigenvalue weighted by molar-refractivity contribution is -0.126. The number of nitrogens with zero attached hydrogens (tertiary/aromatic N) is 1. The molecular weight excluding hydrogens is 328 g/mol. The average Bonchev–Trinajstić information content (AvgIpc) is 3.27. The highest BCUT2D eigenvalue weighted by Crippen LogP contribution is 2.23. The van der Waals surface area contributed by atoms with Crippen molar-refractivity contribution < 1.29 is 9.59 Å². The molecule has 2 aromatic heterocycles. The lowest BCUT2D eigenvalue weighted by Gasteiger charge is -2.31. The standard InChI is InChI=1S/C17H20N2O2S2/c1-12(14-4-2-10-22-14)18-16(20)13-6-8-19(9-7-13)17(21)15-5-3-11-23-15/h2-5,10-13H,6-9H2,1H3,(H,18,20). The maximum atomic E-state index is 12.4. The lowest BCUT2D eigenvalue weighted by Crippen LogP contribution is -2.43. The summed E-state index contributed by atoms with van der Waals surface area (Å²) >= 11 is 3.13. The van der Waals surface area contributed by atoms with E-state index in [0.29, 0.717) is 13.1 Å². The van der Waals surface area contributed by atoms with E-state index >= 15 is 0 Å². The molecule has 122 valence electrons. The van der Waals surface area contributed by atoms with Crippen LogP contribution in [0.5, 0.6) is 0 Å². The van der Waals surface area contributed by atoms with Gasteiger partial charge < -0.3 is 10.2 Å². The van der Waals surface area contributed by atoms with Crippen LogP contribution in [0.1, 0.15) is 40.4 Å². The van der Waals surface area contributed by atoms with Gasteiger partial charge in [-0.2, -0.15) is 0 Å². The third kappa shape index (κ3) is 3.82. The van der Waals surface area contributed by atoms with Crippen LogP contribution in [0.15, 0.2) is 35.0 Å². The van der Waals surface area contributed by atoms with Gasteiger partial charge in [-0.1, -0.05) is 12.1 Å². The Balaban J connectivity index is 1.50. The number of thiophene rings is 2. The quantitative estimate of drug-likeness (QED) is 0.919. The molecule has 2 amide bonds. The SMILES string of the molecule is CC(NC(=O)C1CCN(C(=O)c2cccs2)CC1)c1cccs1. The van der Waals surface area contributed by atoms with Crippen LogP contribution in [-0.2, 0) is 4.79 Å². The van der Waals surface area contributed by atoms with Crippen LogP contribution in [0.4, 0.5) is 0 Å². The highest BCUT2D eigenvalue weighted by Gasteiger charge is 2.28. The number of rotatable bonds is 4. The van der Waals surface area contributed by atoms with Crippen molar-refractivity contribution in [2.45, 2.75) is 25.8 Å². The Morgan fingerprint density at radius 3 is 2.48 bits per heavy atom. The second-order valence-corrected chi connectivity index (χ2v) is 7.72. The summed E-state index contributed by atoms with van der Waals surface area (Å²) in [6.45, 7) is 3.32. The normalized spacial score (nSPS) is 17.0. The number of likely N-dealkylation sites (tertiary alicyclic amines) is 1. The molecule has 1 unspecified atom stereocenters. The van der Waals surface area contributed by atoms with Crippen molar-refractivity contribution in [2.75, 3.05) is 13.1 Å². The Hall–Kier alpha value is -1.66. The number of hydrogen-bond acceptors (Lipinski definition) is 4. The topological polar surface area (TPSA) is 49.4 Å². The molecular formula is C17H20N2O2S2. The zero-order chi connectivity index (χ0) is 16.2. The van der Waals surface area contributed by atoms with E-state index in [9.17, 15) is 9.59 Å². The van der Waals surface area contributed by atoms with Crippen molar-refractivity contribution >= 4 is 34.5 Å². The molecule has 23 heavy (non-hydrogen) atoms. The van der Waals surface area contributed by atoms with Gasteiger partial charge in [-0.25, -0.2) is 0 Å². The van der Waals surface area contributed by atoms with Crippen molar-refractivity contribution in [1.82, 2.24) is 10.2 Å². The fraction of sp³-hybridized carbons (Fsp3) is 0.412. The molecule has 1 atom stereocenters. The number of piperidine rings is 1. The molecule has 1 N–H and O–H groups in total. The Labute approximate surface area is 144 Å². The van der Waals surface area contributed by atoms with Crippen molar-refractivity contribution in [1.29, 1.82) is 0 Å². The van der Waals surface area contributed by atoms with E-state index in [1.54, 1.807) is 11.3 Å². The Morgan fingerprint density at radius 1 is 1.17 bits per heavy atom. The highest BCUT2D eigenvalue weighted by molar-refractivity contribution is 7.12. The first-order valence-corrected chi connectivity index (χ1v) is 9.57. The van der Waals surface area contributed by atoms with Crippen molar-refractivity contribution in [3.8, 4) is 0 Å². The molecule has 0 bridgehead atoms. The zero-order valence-corrected chi connectivity index (χ0v) is 14.7. The van der Waals surface area contributed by atoms with Crippen LogP contribution in [-0.4, -0.2) is 29.8 Å². The van der Waals surface area contributed by atoms with E-state index in [0.717, 1.165) is 17.7 Å². The molecule has 0 spiro atoms. The van der Waals surface area contributed by atoms with E-state index in [2.05, 4.69) is 5.32 Å². The first-order valence-electron chi connectivity index (χ1n) is 7.81. The summed E-state index contributed by atoms with van der Waals surface area (Å²) in [4.78, 5) is 28.5. The van der Waals surface area contributed by atoms with Crippen molar-refractivity contribution in [2.24, 2.45) is 5.92 Å². The van der Waals surface area contributed by atoms with Gasteiger partial charge in [0.1, 0.15) is 0 Å². The minimum atomic E-state index is 0.00444. The van der Waals surface area contributed by atoms with Crippen molar-refractivity contribution in [3.05, 3.63) is 44.8 Å². The van der Waals surface area contributed by atoms with Gasteiger partial charge >= 0.3 is 0 Å². The number of amides is 2. The predicted octanol–water partition coefficient (Wildman–Crippen LogP) is 3.54. The van der Waals surface area contributed by atoms with Crippen LogP contribution in [0, 0.1) is 5.92 Å². The molecule has 0 radical (unpaired) electrons. The van der Waals surface area contributed by atoms with Crippen molar-refractivity contribution in [3.63, 3.8) is 0 Å². The summed E-state index contributed by atoms with van der Waals surface area (Å²) in [5.41, 5.74) is 0. The molecule has 0 aliphatic carbocycles. The van der Waals surface area contributed by atoms with E-state index < -0.39 is 0 Å². The number of nitrogens with one attached hydrogen (secondary N) is 1. The van der Waals surface area contributed by atoms with E-state index in [1.165, 1.54) is 16.2 Å². The Bertz CT molecular complexity index is 644. The van der Waals surface area contributed by atoms with E-state index in [-0.39, 0.29) is 23.8 Å². The fourth-order valence-corrected chi connectivity index (χ4v) is 4.27. The van der Waals surface area contributed by atoms with Crippen LogP contribution in [0.3, 0.4) is 0 Å². The molecule has 4 nitrogen and oxygen atoms in total. The predicted molar refractivity (Wildman–Crippen MR) is 93.8 cm³/mol. The van der Waals surface area contributed by atoms with Gasteiger partial charge in [0, 0.05) is 23.9 Å². The molecule has 1 saturated heterocycles. The number of carbonyl (C=O) groups excluding carboxylic acids is 2. The Morgan fingerprint density at radius 2 is 1.87 bits per heavy atom. The van der Waals surface area contributed by atoms with Crippen LogP contribution < -0.4 is 5.32 Å². The third-order valence-corrected chi connectivity index (χ3v) is 6.13. The second kappa shape index (κ2) is 7.27. The molecule has 6 heteroatoms. The summed E-state index contributed by atoms with van der Waals surface area (Å²) in [5.74, 6) is 0.199. The molecule has 0 saturated carbocycles. The molecule has 1 fully saturated rings. The summed E-state index contributed by atoms with van der Waals surface area (Å²) in [6.07, 6.45) is 1.47. The molecule has 2 aromatic rings. The van der Waals surface area contributed by atoms with Gasteiger partial charge in [0.05, 0.1) is 10.9 Å². The highest BCUT2D eigenvalue weighted by atomic mass is 32.1. The first kappa shape index (κ1) is 16.2. The molecule has 1 aliphatic rings. The van der Waals surface area contributed by atoms with Gasteiger partial charge in [-0.05, 0) is 42.7 Å². The van der Waals surface area contributed by atoms with Gasteiger partial charge in [0.25, 0.3) is 5.91 Å². The smallest absolute Gasteiger partial charge is 0.263 e. The fourth-order valence-electron chi connectivity index (χ4n) is 2.84. The Kier molecular flexibility index (Phi) is 5.13. The average molecular weight is 348 g/mol. The van der Waals surface area contributed by atoms with Crippen LogP contribution >= 0.6 is 22.7 Å². The van der Waals surface area contributed by atoms with E-state index in [1.807, 2.05) is 46.8 Å². The first-order chi connectivity index (χ1) is 11.1. The summed E-state index contributed by atoms with van der Waals surface area (Å²) < 4.78 is 0. The minimum Gasteiger partial charge on any atom is -0.349 e. The molecule has 3 heterocycles. The zero-order valence-electron chi connectivity index (χ0n) is 13.0. The summed E-state index contributed by atoms with van der Waals surface area (Å²) in [6, 6.07) is 7.83. The molecule has 3 rings (SSSR count). The van der Waals surface area contributed by atoms with Crippen LogP contribution in [0.25, 0.3) is 0 Å². The largest absolute Gasteiger partial charge is 0.349 e. The third-order valence-electron chi connectivity index (χ3n) is 4.21. The number of hydrogen-bond donors (Lipinski definition) is 1.